The molecule has 2 heterocycles. The van der Waals surface area contributed by atoms with Crippen LogP contribution in [0.5, 0.6) is 5.75 Å². The molecule has 0 radical (unpaired) electrons. The van der Waals surface area contributed by atoms with Gasteiger partial charge in [0.2, 0.25) is 0 Å². The fraction of sp³-hybridized carbons (Fsp3) is 0.125. The van der Waals surface area contributed by atoms with Crippen LogP contribution in [-0.4, -0.2) is 27.7 Å². The molecule has 7 heteroatoms. The standard InChI is InChI=1S/C24H17FN2O3S/c25-18-6-2-4-8-20(18)27-23(29)17-5-1-3-7-19(17)26-24(27)31-14-21(28)15-9-10-22-16(13-15)11-12-30-22/h1-10,13H,11-12,14H2. The van der Waals surface area contributed by atoms with E-state index in [0.29, 0.717) is 23.1 Å². The van der Waals surface area contributed by atoms with E-state index in [1.54, 1.807) is 42.5 Å². The summed E-state index contributed by atoms with van der Waals surface area (Å²) in [5.74, 6) is 0.253. The maximum atomic E-state index is 14.6. The first kappa shape index (κ1) is 19.5. The summed E-state index contributed by atoms with van der Waals surface area (Å²) < 4.78 is 21.3. The van der Waals surface area contributed by atoms with Gasteiger partial charge in [0, 0.05) is 12.0 Å². The smallest absolute Gasteiger partial charge is 0.266 e. The molecule has 154 valence electrons. The normalized spacial score (nSPS) is 12.5. The molecule has 5 rings (SSSR count). The Labute approximate surface area is 181 Å². The Morgan fingerprint density at radius 1 is 1.10 bits per heavy atom. The van der Waals surface area contributed by atoms with Gasteiger partial charge in [0.25, 0.3) is 5.56 Å². The van der Waals surface area contributed by atoms with Crippen molar-refractivity contribution in [1.82, 2.24) is 9.55 Å². The number of ketones is 1. The molecule has 0 atom stereocenters. The topological polar surface area (TPSA) is 61.2 Å². The molecule has 1 aliphatic rings. The van der Waals surface area contributed by atoms with Crippen LogP contribution in [0.4, 0.5) is 4.39 Å². The van der Waals surface area contributed by atoms with Gasteiger partial charge >= 0.3 is 0 Å². The van der Waals surface area contributed by atoms with Gasteiger partial charge in [-0.2, -0.15) is 0 Å². The third-order valence-corrected chi connectivity index (χ3v) is 6.12. The number of thioether (sulfide) groups is 1. The van der Waals surface area contributed by atoms with Gasteiger partial charge in [-0.05, 0) is 48.0 Å². The highest BCUT2D eigenvalue weighted by atomic mass is 32.2. The van der Waals surface area contributed by atoms with Gasteiger partial charge in [-0.3, -0.25) is 14.2 Å². The number of nitrogens with zero attached hydrogens (tertiary/aromatic N) is 2. The van der Waals surface area contributed by atoms with E-state index >= 15 is 0 Å². The van der Waals surface area contributed by atoms with Crippen molar-refractivity contribution in [3.63, 3.8) is 0 Å². The SMILES string of the molecule is O=C(CSc1nc2ccccc2c(=O)n1-c1ccccc1F)c1ccc2c(c1)CCO2. The van der Waals surface area contributed by atoms with Crippen molar-refractivity contribution >= 4 is 28.4 Å². The molecule has 5 nitrogen and oxygen atoms in total. The lowest BCUT2D eigenvalue weighted by Crippen LogP contribution is -2.23. The number of benzene rings is 3. The van der Waals surface area contributed by atoms with Crippen LogP contribution in [0.2, 0.25) is 0 Å². The van der Waals surface area contributed by atoms with Gasteiger partial charge < -0.3 is 4.74 Å². The number of Topliss-reactive ketones (excluding diaryl/α,β-unsaturated/α-hetero) is 1. The summed E-state index contributed by atoms with van der Waals surface area (Å²) >= 11 is 1.12. The van der Waals surface area contributed by atoms with E-state index in [1.807, 2.05) is 12.1 Å². The van der Waals surface area contributed by atoms with Crippen LogP contribution in [0, 0.1) is 5.82 Å². The van der Waals surface area contributed by atoms with Gasteiger partial charge in [0.1, 0.15) is 11.6 Å². The lowest BCUT2D eigenvalue weighted by atomic mass is 10.1. The zero-order valence-electron chi connectivity index (χ0n) is 16.4. The molecule has 0 saturated carbocycles. The van der Waals surface area contributed by atoms with Crippen LogP contribution in [-0.2, 0) is 6.42 Å². The minimum atomic E-state index is -0.534. The average molecular weight is 432 g/mol. The van der Waals surface area contributed by atoms with Crippen molar-refractivity contribution in [3.8, 4) is 11.4 Å². The van der Waals surface area contributed by atoms with Crippen LogP contribution in [0.15, 0.2) is 76.7 Å². The maximum absolute atomic E-state index is 14.6. The van der Waals surface area contributed by atoms with E-state index in [1.165, 1.54) is 16.7 Å². The Hall–Kier alpha value is -3.45. The van der Waals surface area contributed by atoms with Crippen LogP contribution >= 0.6 is 11.8 Å². The van der Waals surface area contributed by atoms with Gasteiger partial charge in [-0.15, -0.1) is 0 Å². The van der Waals surface area contributed by atoms with E-state index < -0.39 is 5.82 Å². The number of hydrogen-bond acceptors (Lipinski definition) is 5. The van der Waals surface area contributed by atoms with Gasteiger partial charge in [0.05, 0.1) is 29.0 Å². The zero-order chi connectivity index (χ0) is 21.4. The second kappa shape index (κ2) is 8.00. The third kappa shape index (κ3) is 3.61. The molecule has 0 amide bonds. The van der Waals surface area contributed by atoms with Crippen molar-refractivity contribution in [2.75, 3.05) is 12.4 Å². The van der Waals surface area contributed by atoms with E-state index in [0.717, 1.165) is 29.5 Å². The number of halogens is 1. The van der Waals surface area contributed by atoms with Crippen molar-refractivity contribution in [2.45, 2.75) is 11.6 Å². The number of ether oxygens (including phenoxy) is 1. The zero-order valence-corrected chi connectivity index (χ0v) is 17.2. The summed E-state index contributed by atoms with van der Waals surface area (Å²) in [4.78, 5) is 30.6. The number of rotatable bonds is 5. The lowest BCUT2D eigenvalue weighted by molar-refractivity contribution is 0.102. The second-order valence-electron chi connectivity index (χ2n) is 7.14. The second-order valence-corrected chi connectivity index (χ2v) is 8.08. The van der Waals surface area contributed by atoms with Gasteiger partial charge in [0.15, 0.2) is 10.9 Å². The van der Waals surface area contributed by atoms with Crippen LogP contribution in [0.1, 0.15) is 15.9 Å². The minimum absolute atomic E-state index is 0.0683. The molecule has 3 aromatic carbocycles. The number of hydrogen-bond donors (Lipinski definition) is 0. The van der Waals surface area contributed by atoms with Crippen LogP contribution in [0.3, 0.4) is 0 Å². The highest BCUT2D eigenvalue weighted by Crippen LogP contribution is 2.28. The Morgan fingerprint density at radius 2 is 1.90 bits per heavy atom. The molecular weight excluding hydrogens is 415 g/mol. The molecule has 0 aliphatic carbocycles. The van der Waals surface area contributed by atoms with Crippen molar-refractivity contribution < 1.29 is 13.9 Å². The monoisotopic (exact) mass is 432 g/mol. The van der Waals surface area contributed by atoms with Crippen LogP contribution < -0.4 is 10.3 Å². The van der Waals surface area contributed by atoms with Gasteiger partial charge in [-0.25, -0.2) is 9.37 Å². The number of aromatic nitrogens is 2. The molecule has 0 unspecified atom stereocenters. The number of carbonyl (C=O) groups excluding carboxylic acids is 1. The molecule has 31 heavy (non-hydrogen) atoms. The van der Waals surface area contributed by atoms with Crippen molar-refractivity contribution in [2.24, 2.45) is 0 Å². The maximum Gasteiger partial charge on any atom is 0.266 e. The summed E-state index contributed by atoms with van der Waals surface area (Å²) in [5, 5.41) is 0.659. The summed E-state index contributed by atoms with van der Waals surface area (Å²) in [6, 6.07) is 18.4. The molecule has 0 saturated heterocycles. The van der Waals surface area contributed by atoms with Crippen LogP contribution in [0.25, 0.3) is 16.6 Å². The number of fused-ring (bicyclic) bond motifs is 2. The predicted molar refractivity (Wildman–Crippen MR) is 118 cm³/mol. The van der Waals surface area contributed by atoms with Crippen molar-refractivity contribution in [3.05, 3.63) is 94.0 Å². The lowest BCUT2D eigenvalue weighted by Gasteiger charge is -2.13. The third-order valence-electron chi connectivity index (χ3n) is 5.18. The highest BCUT2D eigenvalue weighted by Gasteiger charge is 2.19. The summed E-state index contributed by atoms with van der Waals surface area (Å²) in [7, 11) is 0. The van der Waals surface area contributed by atoms with Crippen molar-refractivity contribution in [1.29, 1.82) is 0 Å². The quantitative estimate of drug-likeness (QED) is 0.265. The van der Waals surface area contributed by atoms with E-state index in [4.69, 9.17) is 4.74 Å². The Morgan fingerprint density at radius 3 is 2.77 bits per heavy atom. The molecule has 1 aromatic heterocycles. The number of para-hydroxylation sites is 2. The summed E-state index contributed by atoms with van der Waals surface area (Å²) in [5.41, 5.74) is 1.83. The van der Waals surface area contributed by atoms with E-state index in [9.17, 15) is 14.0 Å². The van der Waals surface area contributed by atoms with E-state index in [-0.39, 0.29) is 27.9 Å². The Bertz CT molecular complexity index is 1380. The number of carbonyl (C=O) groups is 1. The molecule has 4 aromatic rings. The van der Waals surface area contributed by atoms with E-state index in [2.05, 4.69) is 4.98 Å². The highest BCUT2D eigenvalue weighted by molar-refractivity contribution is 7.99. The largest absolute Gasteiger partial charge is 0.493 e. The summed E-state index contributed by atoms with van der Waals surface area (Å²) in [6.07, 6.45) is 0.780. The average Bonchev–Trinajstić information content (AvgIpc) is 3.26. The fourth-order valence-corrected chi connectivity index (χ4v) is 4.53. The fourth-order valence-electron chi connectivity index (χ4n) is 3.63. The molecule has 0 N–H and O–H groups in total. The first-order chi connectivity index (χ1) is 15.1. The summed E-state index contributed by atoms with van der Waals surface area (Å²) in [6.45, 7) is 0.623. The predicted octanol–water partition coefficient (Wildman–Crippen LogP) is 4.43. The molecule has 0 fully saturated rings. The first-order valence-electron chi connectivity index (χ1n) is 9.80. The minimum Gasteiger partial charge on any atom is -0.493 e. The first-order valence-corrected chi connectivity index (χ1v) is 10.8. The Kier molecular flexibility index (Phi) is 5.03. The molecule has 0 spiro atoms. The molecule has 0 bridgehead atoms. The molecular formula is C24H17FN2O3S. The van der Waals surface area contributed by atoms with Gasteiger partial charge in [-0.1, -0.05) is 36.0 Å². The molecule has 1 aliphatic heterocycles. The Balaban J connectivity index is 1.53.